The molecule has 2 fully saturated rings. The second-order valence-electron chi connectivity index (χ2n) is 7.18. The summed E-state index contributed by atoms with van der Waals surface area (Å²) in [7, 11) is 0. The van der Waals surface area contributed by atoms with Crippen molar-refractivity contribution in [3.8, 4) is 0 Å². The molecule has 8 heteroatoms. The SMILES string of the molecule is O=C(NC(Cc1cccnc1)C(=O)N1CCC2OCC(=O)C21)c1cccc(Br)c1. The normalized spacial score (nSPS) is 21.7. The number of carbonyl (C=O) groups excluding carboxylic acids is 3. The van der Waals surface area contributed by atoms with Gasteiger partial charge >= 0.3 is 0 Å². The Bertz CT molecular complexity index is 937. The number of nitrogens with zero attached hydrogens (tertiary/aromatic N) is 2. The molecule has 2 saturated heterocycles. The molecule has 3 atom stereocenters. The maximum absolute atomic E-state index is 13.3. The van der Waals surface area contributed by atoms with E-state index >= 15 is 0 Å². The molecule has 1 N–H and O–H groups in total. The average Bonchev–Trinajstić information content (AvgIpc) is 3.31. The summed E-state index contributed by atoms with van der Waals surface area (Å²) in [6.45, 7) is 0.479. The van der Waals surface area contributed by atoms with Crippen molar-refractivity contribution < 1.29 is 19.1 Å². The number of aromatic nitrogens is 1. The molecule has 2 aliphatic heterocycles. The van der Waals surface area contributed by atoms with Gasteiger partial charge in [-0.2, -0.15) is 0 Å². The summed E-state index contributed by atoms with van der Waals surface area (Å²) in [4.78, 5) is 44.0. The maximum Gasteiger partial charge on any atom is 0.251 e. The molecule has 1 aromatic carbocycles. The van der Waals surface area contributed by atoms with Crippen molar-refractivity contribution in [2.75, 3.05) is 13.2 Å². The van der Waals surface area contributed by atoms with Gasteiger partial charge in [-0.15, -0.1) is 0 Å². The molecule has 0 radical (unpaired) electrons. The number of pyridine rings is 1. The minimum Gasteiger partial charge on any atom is -0.368 e. The van der Waals surface area contributed by atoms with Gasteiger partial charge in [0.1, 0.15) is 18.7 Å². The van der Waals surface area contributed by atoms with Crippen LogP contribution < -0.4 is 5.32 Å². The Balaban J connectivity index is 1.57. The monoisotopic (exact) mass is 457 g/mol. The third kappa shape index (κ3) is 4.23. The zero-order valence-corrected chi connectivity index (χ0v) is 17.2. The highest BCUT2D eigenvalue weighted by molar-refractivity contribution is 9.10. The molecule has 0 bridgehead atoms. The molecule has 1 aromatic heterocycles. The second-order valence-corrected chi connectivity index (χ2v) is 8.10. The molecular formula is C21H20BrN3O4. The van der Waals surface area contributed by atoms with Crippen LogP contribution in [0.25, 0.3) is 0 Å². The highest BCUT2D eigenvalue weighted by Gasteiger charge is 2.48. The van der Waals surface area contributed by atoms with E-state index in [0.29, 0.717) is 18.5 Å². The first-order chi connectivity index (χ1) is 14.0. The van der Waals surface area contributed by atoms with Gasteiger partial charge in [0.2, 0.25) is 5.91 Å². The van der Waals surface area contributed by atoms with Crippen molar-refractivity contribution in [1.82, 2.24) is 15.2 Å². The van der Waals surface area contributed by atoms with Crippen LogP contribution in [0.2, 0.25) is 0 Å². The molecule has 3 heterocycles. The van der Waals surface area contributed by atoms with Crippen molar-refractivity contribution in [3.63, 3.8) is 0 Å². The fourth-order valence-electron chi connectivity index (χ4n) is 3.87. The second kappa shape index (κ2) is 8.42. The molecule has 0 spiro atoms. The lowest BCUT2D eigenvalue weighted by atomic mass is 10.0. The molecule has 150 valence electrons. The third-order valence-electron chi connectivity index (χ3n) is 5.25. The van der Waals surface area contributed by atoms with Gasteiger partial charge in [0, 0.05) is 35.4 Å². The lowest BCUT2D eigenvalue weighted by Crippen LogP contribution is -2.53. The number of amides is 2. The molecule has 2 amide bonds. The summed E-state index contributed by atoms with van der Waals surface area (Å²) >= 11 is 3.36. The van der Waals surface area contributed by atoms with Crippen LogP contribution in [-0.4, -0.2) is 58.8 Å². The highest BCUT2D eigenvalue weighted by Crippen LogP contribution is 2.28. The Labute approximate surface area is 176 Å². The van der Waals surface area contributed by atoms with Gasteiger partial charge in [0.25, 0.3) is 5.91 Å². The third-order valence-corrected chi connectivity index (χ3v) is 5.74. The lowest BCUT2D eigenvalue weighted by Gasteiger charge is -2.27. The van der Waals surface area contributed by atoms with E-state index in [2.05, 4.69) is 26.2 Å². The average molecular weight is 458 g/mol. The lowest BCUT2D eigenvalue weighted by molar-refractivity contribution is -0.138. The number of ether oxygens (including phenoxy) is 1. The van der Waals surface area contributed by atoms with Crippen LogP contribution >= 0.6 is 15.9 Å². The van der Waals surface area contributed by atoms with Crippen LogP contribution in [-0.2, 0) is 20.7 Å². The topological polar surface area (TPSA) is 88.6 Å². The number of nitrogens with one attached hydrogen (secondary N) is 1. The van der Waals surface area contributed by atoms with Crippen LogP contribution in [0.1, 0.15) is 22.3 Å². The van der Waals surface area contributed by atoms with Crippen molar-refractivity contribution >= 4 is 33.5 Å². The van der Waals surface area contributed by atoms with Crippen molar-refractivity contribution in [2.24, 2.45) is 0 Å². The van der Waals surface area contributed by atoms with E-state index in [9.17, 15) is 14.4 Å². The van der Waals surface area contributed by atoms with E-state index in [1.807, 2.05) is 12.1 Å². The van der Waals surface area contributed by atoms with Gasteiger partial charge in [0.05, 0.1) is 6.10 Å². The highest BCUT2D eigenvalue weighted by atomic mass is 79.9. The molecule has 4 rings (SSSR count). The zero-order valence-electron chi connectivity index (χ0n) is 15.6. The van der Waals surface area contributed by atoms with Gasteiger partial charge in [0.15, 0.2) is 5.78 Å². The predicted molar refractivity (Wildman–Crippen MR) is 108 cm³/mol. The molecule has 2 aliphatic rings. The first-order valence-electron chi connectivity index (χ1n) is 9.43. The zero-order chi connectivity index (χ0) is 20.4. The maximum atomic E-state index is 13.3. The largest absolute Gasteiger partial charge is 0.368 e. The van der Waals surface area contributed by atoms with Crippen LogP contribution in [0.4, 0.5) is 0 Å². The van der Waals surface area contributed by atoms with Crippen molar-refractivity contribution in [2.45, 2.75) is 31.0 Å². The van der Waals surface area contributed by atoms with Gasteiger partial charge in [-0.25, -0.2) is 0 Å². The van der Waals surface area contributed by atoms with E-state index in [1.165, 1.54) is 0 Å². The summed E-state index contributed by atoms with van der Waals surface area (Å²) in [5.41, 5.74) is 1.27. The summed E-state index contributed by atoms with van der Waals surface area (Å²) in [5.74, 6) is -0.707. The first-order valence-corrected chi connectivity index (χ1v) is 10.2. The summed E-state index contributed by atoms with van der Waals surface area (Å²) in [5, 5.41) is 2.85. The number of ketones is 1. The molecule has 3 unspecified atom stereocenters. The van der Waals surface area contributed by atoms with Gasteiger partial charge < -0.3 is 15.0 Å². The van der Waals surface area contributed by atoms with Crippen LogP contribution in [0.15, 0.2) is 53.3 Å². The standard InChI is InChI=1S/C21H20BrN3O4/c22-15-5-1-4-14(10-15)20(27)24-16(9-13-3-2-7-23-11-13)21(28)25-8-6-18-19(25)17(26)12-29-18/h1-5,7,10-11,16,18-19H,6,8-9,12H2,(H,24,27). The minimum absolute atomic E-state index is 0.0385. The smallest absolute Gasteiger partial charge is 0.251 e. The number of likely N-dealkylation sites (tertiary alicyclic amines) is 1. The molecule has 7 nitrogen and oxygen atoms in total. The number of halogens is 1. The van der Waals surface area contributed by atoms with Crippen molar-refractivity contribution in [3.05, 3.63) is 64.4 Å². The number of carbonyl (C=O) groups is 3. The molecule has 0 saturated carbocycles. The van der Waals surface area contributed by atoms with Gasteiger partial charge in [-0.1, -0.05) is 28.1 Å². The number of Topliss-reactive ketones (excluding diaryl/α,β-unsaturated/α-hetero) is 1. The summed E-state index contributed by atoms with van der Waals surface area (Å²) in [6, 6.07) is 9.25. The Morgan fingerprint density at radius 2 is 2.17 bits per heavy atom. The molecular weight excluding hydrogens is 438 g/mol. The van der Waals surface area contributed by atoms with E-state index in [4.69, 9.17) is 4.74 Å². The number of fused-ring (bicyclic) bond motifs is 1. The van der Waals surface area contributed by atoms with E-state index in [0.717, 1.165) is 10.0 Å². The predicted octanol–water partition coefficient (Wildman–Crippen LogP) is 1.75. The van der Waals surface area contributed by atoms with Crippen LogP contribution in [0, 0.1) is 0 Å². The first kappa shape index (κ1) is 19.7. The Morgan fingerprint density at radius 3 is 2.93 bits per heavy atom. The summed E-state index contributed by atoms with van der Waals surface area (Å²) in [6.07, 6.45) is 3.99. The number of hydrogen-bond acceptors (Lipinski definition) is 5. The van der Waals surface area contributed by atoms with Crippen LogP contribution in [0.3, 0.4) is 0 Å². The van der Waals surface area contributed by atoms with E-state index < -0.39 is 12.1 Å². The fourth-order valence-corrected chi connectivity index (χ4v) is 4.27. The van der Waals surface area contributed by atoms with Crippen LogP contribution in [0.5, 0.6) is 0 Å². The van der Waals surface area contributed by atoms with Crippen molar-refractivity contribution in [1.29, 1.82) is 0 Å². The number of hydrogen-bond donors (Lipinski definition) is 1. The Morgan fingerprint density at radius 1 is 1.31 bits per heavy atom. The van der Waals surface area contributed by atoms with E-state index in [1.54, 1.807) is 41.6 Å². The molecule has 0 aliphatic carbocycles. The summed E-state index contributed by atoms with van der Waals surface area (Å²) < 4.78 is 6.26. The van der Waals surface area contributed by atoms with E-state index in [-0.39, 0.29) is 36.7 Å². The molecule has 2 aromatic rings. The number of benzene rings is 1. The Kier molecular flexibility index (Phi) is 5.73. The van der Waals surface area contributed by atoms with Gasteiger partial charge in [-0.3, -0.25) is 19.4 Å². The van der Waals surface area contributed by atoms with Gasteiger partial charge in [-0.05, 0) is 36.2 Å². The quantitative estimate of drug-likeness (QED) is 0.738. The fraction of sp³-hybridized carbons (Fsp3) is 0.333. The minimum atomic E-state index is -0.808. The number of rotatable bonds is 5. The molecule has 29 heavy (non-hydrogen) atoms. The Hall–Kier alpha value is -2.58.